The van der Waals surface area contributed by atoms with Crippen molar-refractivity contribution in [2.45, 2.75) is 26.3 Å². The van der Waals surface area contributed by atoms with Crippen LogP contribution in [0.3, 0.4) is 0 Å². The first-order valence-corrected chi connectivity index (χ1v) is 9.74. The van der Waals surface area contributed by atoms with Gasteiger partial charge in [0.1, 0.15) is 0 Å². The van der Waals surface area contributed by atoms with Crippen molar-refractivity contribution in [2.75, 3.05) is 19.6 Å². The van der Waals surface area contributed by atoms with Crippen LogP contribution in [-0.2, 0) is 6.54 Å². The quantitative estimate of drug-likeness (QED) is 0.620. The summed E-state index contributed by atoms with van der Waals surface area (Å²) in [6, 6.07) is 6.66. The number of nitrogens with one attached hydrogen (secondary N) is 1. The maximum absolute atomic E-state index is 12.3. The number of aryl methyl sites for hydroxylation is 1. The normalized spacial score (nSPS) is 15.7. The van der Waals surface area contributed by atoms with E-state index in [1.807, 2.05) is 0 Å². The van der Waals surface area contributed by atoms with Crippen LogP contribution in [0.15, 0.2) is 35.0 Å². The minimum atomic E-state index is -0.430. The molecule has 26 heavy (non-hydrogen) atoms. The highest BCUT2D eigenvalue weighted by Crippen LogP contribution is 2.21. The summed E-state index contributed by atoms with van der Waals surface area (Å²) in [5.74, 6) is 0.320. The molecule has 1 aliphatic heterocycles. The van der Waals surface area contributed by atoms with E-state index in [4.69, 9.17) is 0 Å². The minimum absolute atomic E-state index is 0.0412. The number of nitrogens with zero attached hydrogens (tertiary/aromatic N) is 2. The molecule has 0 bridgehead atoms. The molecule has 0 saturated carbocycles. The van der Waals surface area contributed by atoms with Gasteiger partial charge in [-0.2, -0.15) is 11.3 Å². The van der Waals surface area contributed by atoms with Crippen molar-refractivity contribution in [3.63, 3.8) is 0 Å². The summed E-state index contributed by atoms with van der Waals surface area (Å²) in [6.45, 7) is 5.41. The fourth-order valence-corrected chi connectivity index (χ4v) is 3.99. The number of benzene rings is 1. The summed E-state index contributed by atoms with van der Waals surface area (Å²) in [7, 11) is 0. The highest BCUT2D eigenvalue weighted by molar-refractivity contribution is 7.07. The number of carbonyl (C=O) groups excluding carboxylic acids is 1. The number of likely N-dealkylation sites (tertiary alicyclic amines) is 1. The van der Waals surface area contributed by atoms with Crippen molar-refractivity contribution < 1.29 is 9.72 Å². The summed E-state index contributed by atoms with van der Waals surface area (Å²) >= 11 is 1.73. The first-order chi connectivity index (χ1) is 12.5. The van der Waals surface area contributed by atoms with E-state index in [9.17, 15) is 14.9 Å². The first-order valence-electron chi connectivity index (χ1n) is 8.79. The molecular weight excluding hydrogens is 350 g/mol. The van der Waals surface area contributed by atoms with Gasteiger partial charge in [-0.1, -0.05) is 0 Å². The molecule has 138 valence electrons. The van der Waals surface area contributed by atoms with E-state index in [1.165, 1.54) is 17.7 Å². The Morgan fingerprint density at radius 2 is 2.12 bits per heavy atom. The van der Waals surface area contributed by atoms with Gasteiger partial charge < -0.3 is 5.32 Å². The topological polar surface area (TPSA) is 75.5 Å². The predicted octanol–water partition coefficient (Wildman–Crippen LogP) is 3.61. The molecule has 0 aliphatic carbocycles. The minimum Gasteiger partial charge on any atom is -0.352 e. The SMILES string of the molecule is Cc1cc(C(=O)NCC2CCN(Cc3ccsc3)CC2)ccc1[N+](=O)[O-]. The van der Waals surface area contributed by atoms with Gasteiger partial charge in [-0.25, -0.2) is 0 Å². The summed E-state index contributed by atoms with van der Waals surface area (Å²) in [6.07, 6.45) is 2.15. The third kappa shape index (κ3) is 4.68. The predicted molar refractivity (Wildman–Crippen MR) is 102 cm³/mol. The zero-order valence-electron chi connectivity index (χ0n) is 14.8. The van der Waals surface area contributed by atoms with Crippen LogP contribution in [0.5, 0.6) is 0 Å². The molecule has 0 radical (unpaired) electrons. The standard InChI is InChI=1S/C19H23N3O3S/c1-14-10-17(2-3-18(14)22(24)25)19(23)20-11-15-4-7-21(8-5-15)12-16-6-9-26-13-16/h2-3,6,9-10,13,15H,4-5,7-8,11-12H2,1H3,(H,20,23). The lowest BCUT2D eigenvalue weighted by Crippen LogP contribution is -2.38. The smallest absolute Gasteiger partial charge is 0.272 e. The van der Waals surface area contributed by atoms with Crippen LogP contribution in [-0.4, -0.2) is 35.4 Å². The van der Waals surface area contributed by atoms with E-state index in [-0.39, 0.29) is 11.6 Å². The maximum Gasteiger partial charge on any atom is 0.272 e. The summed E-state index contributed by atoms with van der Waals surface area (Å²) in [5, 5.41) is 18.1. The lowest BCUT2D eigenvalue weighted by molar-refractivity contribution is -0.385. The molecule has 1 aliphatic rings. The van der Waals surface area contributed by atoms with Gasteiger partial charge in [0.05, 0.1) is 4.92 Å². The fourth-order valence-electron chi connectivity index (χ4n) is 3.33. The van der Waals surface area contributed by atoms with Crippen LogP contribution in [0.4, 0.5) is 5.69 Å². The molecule has 1 N–H and O–H groups in total. The second kappa shape index (κ2) is 8.42. The molecule has 2 heterocycles. The van der Waals surface area contributed by atoms with Gasteiger partial charge in [-0.3, -0.25) is 19.8 Å². The molecule has 3 rings (SSSR count). The average Bonchev–Trinajstić information content (AvgIpc) is 3.13. The first kappa shape index (κ1) is 18.5. The van der Waals surface area contributed by atoms with Crippen LogP contribution in [0.2, 0.25) is 0 Å². The third-order valence-corrected chi connectivity index (χ3v) is 5.63. The van der Waals surface area contributed by atoms with E-state index in [2.05, 4.69) is 27.0 Å². The average molecular weight is 373 g/mol. The summed E-state index contributed by atoms with van der Waals surface area (Å²) in [4.78, 5) is 25.2. The van der Waals surface area contributed by atoms with E-state index in [0.717, 1.165) is 32.5 Å². The van der Waals surface area contributed by atoms with Gasteiger partial charge in [-0.15, -0.1) is 0 Å². The number of nitro benzene ring substituents is 1. The Balaban J connectivity index is 1.45. The molecule has 0 unspecified atom stereocenters. The van der Waals surface area contributed by atoms with E-state index < -0.39 is 4.92 Å². The zero-order chi connectivity index (χ0) is 18.5. The second-order valence-corrected chi connectivity index (χ2v) is 7.60. The number of hydrogen-bond acceptors (Lipinski definition) is 5. The molecule has 1 amide bonds. The lowest BCUT2D eigenvalue weighted by Gasteiger charge is -2.31. The molecular formula is C19H23N3O3S. The molecule has 2 aromatic rings. The maximum atomic E-state index is 12.3. The van der Waals surface area contributed by atoms with Crippen LogP contribution in [0.25, 0.3) is 0 Å². The summed E-state index contributed by atoms with van der Waals surface area (Å²) < 4.78 is 0. The van der Waals surface area contributed by atoms with Gasteiger partial charge in [0, 0.05) is 30.3 Å². The summed E-state index contributed by atoms with van der Waals surface area (Å²) in [5.41, 5.74) is 2.39. The number of hydrogen-bond donors (Lipinski definition) is 1. The van der Waals surface area contributed by atoms with Gasteiger partial charge in [-0.05, 0) is 73.3 Å². The van der Waals surface area contributed by atoms with Gasteiger partial charge >= 0.3 is 0 Å². The van der Waals surface area contributed by atoms with Crippen molar-refractivity contribution in [3.8, 4) is 0 Å². The van der Waals surface area contributed by atoms with Crippen molar-refractivity contribution in [2.24, 2.45) is 5.92 Å². The lowest BCUT2D eigenvalue weighted by atomic mass is 9.96. The van der Waals surface area contributed by atoms with Gasteiger partial charge in [0.15, 0.2) is 0 Å². The van der Waals surface area contributed by atoms with E-state index in [0.29, 0.717) is 23.6 Å². The van der Waals surface area contributed by atoms with Gasteiger partial charge in [0.25, 0.3) is 11.6 Å². The van der Waals surface area contributed by atoms with Crippen molar-refractivity contribution in [3.05, 3.63) is 61.8 Å². The van der Waals surface area contributed by atoms with Crippen LogP contribution in [0.1, 0.15) is 34.3 Å². The molecule has 1 fully saturated rings. The van der Waals surface area contributed by atoms with E-state index in [1.54, 1.807) is 24.3 Å². The largest absolute Gasteiger partial charge is 0.352 e. The number of nitro groups is 1. The molecule has 6 nitrogen and oxygen atoms in total. The van der Waals surface area contributed by atoms with Crippen molar-refractivity contribution in [1.82, 2.24) is 10.2 Å². The Morgan fingerprint density at radius 3 is 2.73 bits per heavy atom. The number of piperidine rings is 1. The Hall–Kier alpha value is -2.25. The molecule has 1 aromatic carbocycles. The second-order valence-electron chi connectivity index (χ2n) is 6.82. The Kier molecular flexibility index (Phi) is 6.00. The monoisotopic (exact) mass is 373 g/mol. The highest BCUT2D eigenvalue weighted by Gasteiger charge is 2.20. The Morgan fingerprint density at radius 1 is 1.35 bits per heavy atom. The number of carbonyl (C=O) groups is 1. The third-order valence-electron chi connectivity index (χ3n) is 4.90. The molecule has 1 saturated heterocycles. The number of thiophene rings is 1. The van der Waals surface area contributed by atoms with Crippen LogP contribution < -0.4 is 5.32 Å². The van der Waals surface area contributed by atoms with Crippen LogP contribution >= 0.6 is 11.3 Å². The number of rotatable bonds is 6. The van der Waals surface area contributed by atoms with E-state index >= 15 is 0 Å². The van der Waals surface area contributed by atoms with Crippen molar-refractivity contribution in [1.29, 1.82) is 0 Å². The zero-order valence-corrected chi connectivity index (χ0v) is 15.6. The van der Waals surface area contributed by atoms with Gasteiger partial charge in [0.2, 0.25) is 0 Å². The molecule has 0 atom stereocenters. The molecule has 0 spiro atoms. The Bertz CT molecular complexity index is 768. The van der Waals surface area contributed by atoms with Crippen molar-refractivity contribution >= 4 is 22.9 Å². The molecule has 7 heteroatoms. The fraction of sp³-hybridized carbons (Fsp3) is 0.421. The van der Waals surface area contributed by atoms with Crippen LogP contribution in [0, 0.1) is 23.0 Å². The number of amides is 1. The highest BCUT2D eigenvalue weighted by atomic mass is 32.1. The Labute approximate surface area is 157 Å². The molecule has 1 aromatic heterocycles.